The van der Waals surface area contributed by atoms with Crippen molar-refractivity contribution in [3.05, 3.63) is 65.2 Å². The summed E-state index contributed by atoms with van der Waals surface area (Å²) in [6.07, 6.45) is -1.53. The molecule has 0 aromatic heterocycles. The van der Waals surface area contributed by atoms with E-state index in [1.807, 2.05) is 25.7 Å². The predicted molar refractivity (Wildman–Crippen MR) is 136 cm³/mol. The standard InChI is InChI=1S/C27H34F3NO2.C2H6/c1-18(2)15-21-7-9-23(10-8-21)20(4)26(32)31-16-22(6-5-19(31)3)17-33-25-13-11-24(12-14-25)27(28,29)30;1-2/h7-14,18-20,22H,5-6,15-17H2,1-4H3;1-2H3/t19-,20+,22-;/m1./s1. The highest BCUT2D eigenvalue weighted by molar-refractivity contribution is 5.83. The Labute approximate surface area is 208 Å². The van der Waals surface area contributed by atoms with Gasteiger partial charge >= 0.3 is 6.18 Å². The number of carbonyl (C=O) groups is 1. The molecule has 1 saturated heterocycles. The largest absolute Gasteiger partial charge is 0.493 e. The Hall–Kier alpha value is -2.50. The Kier molecular flexibility index (Phi) is 10.7. The molecule has 0 unspecified atom stereocenters. The number of hydrogen-bond donors (Lipinski definition) is 0. The fourth-order valence-corrected chi connectivity index (χ4v) is 4.38. The molecule has 194 valence electrons. The second-order valence-corrected chi connectivity index (χ2v) is 9.68. The summed E-state index contributed by atoms with van der Waals surface area (Å²) in [4.78, 5) is 15.2. The first kappa shape index (κ1) is 28.7. The van der Waals surface area contributed by atoms with Gasteiger partial charge in [-0.25, -0.2) is 0 Å². The average Bonchev–Trinajstić information content (AvgIpc) is 2.84. The van der Waals surface area contributed by atoms with E-state index in [1.54, 1.807) is 0 Å². The zero-order valence-corrected chi connectivity index (χ0v) is 21.9. The number of rotatable bonds is 7. The van der Waals surface area contributed by atoms with Gasteiger partial charge in [0.25, 0.3) is 0 Å². The summed E-state index contributed by atoms with van der Waals surface area (Å²) >= 11 is 0. The highest BCUT2D eigenvalue weighted by atomic mass is 19.4. The monoisotopic (exact) mass is 491 g/mol. The molecule has 1 heterocycles. The van der Waals surface area contributed by atoms with Crippen LogP contribution in [0.4, 0.5) is 13.2 Å². The second kappa shape index (κ2) is 13.0. The summed E-state index contributed by atoms with van der Waals surface area (Å²) in [6, 6.07) is 13.2. The number of ether oxygens (including phenoxy) is 1. The third-order valence-corrected chi connectivity index (χ3v) is 6.42. The lowest BCUT2D eigenvalue weighted by Gasteiger charge is -2.39. The SMILES string of the molecule is CC.CC(C)Cc1ccc([C@H](C)C(=O)N2C[C@H](COc3ccc(C(F)(F)F)cc3)CC[C@H]2C)cc1. The van der Waals surface area contributed by atoms with Crippen LogP contribution in [0.25, 0.3) is 0 Å². The minimum atomic E-state index is -4.36. The Balaban J connectivity index is 0.00000210. The van der Waals surface area contributed by atoms with Gasteiger partial charge < -0.3 is 9.64 Å². The van der Waals surface area contributed by atoms with E-state index in [-0.39, 0.29) is 23.8 Å². The van der Waals surface area contributed by atoms with Crippen molar-refractivity contribution < 1.29 is 22.7 Å². The maximum atomic E-state index is 13.3. The minimum absolute atomic E-state index is 0.110. The summed E-state index contributed by atoms with van der Waals surface area (Å²) in [5.41, 5.74) is 1.60. The zero-order chi connectivity index (χ0) is 26.2. The highest BCUT2D eigenvalue weighted by Gasteiger charge is 2.33. The van der Waals surface area contributed by atoms with Crippen LogP contribution in [-0.2, 0) is 17.4 Å². The number of halogens is 3. The molecule has 0 saturated carbocycles. The number of piperidine rings is 1. The molecule has 1 amide bonds. The van der Waals surface area contributed by atoms with E-state index in [1.165, 1.54) is 17.7 Å². The molecule has 6 heteroatoms. The molecule has 0 bridgehead atoms. The minimum Gasteiger partial charge on any atom is -0.493 e. The Morgan fingerprint density at radius 1 is 1.00 bits per heavy atom. The number of nitrogens with zero attached hydrogens (tertiary/aromatic N) is 1. The topological polar surface area (TPSA) is 29.5 Å². The summed E-state index contributed by atoms with van der Waals surface area (Å²) in [7, 11) is 0. The predicted octanol–water partition coefficient (Wildman–Crippen LogP) is 7.74. The van der Waals surface area contributed by atoms with Crippen molar-refractivity contribution in [2.45, 2.75) is 78.9 Å². The van der Waals surface area contributed by atoms with E-state index in [0.717, 1.165) is 37.0 Å². The zero-order valence-electron chi connectivity index (χ0n) is 21.9. The quantitative estimate of drug-likeness (QED) is 0.396. The molecule has 2 aromatic rings. The van der Waals surface area contributed by atoms with Gasteiger partial charge in [0.15, 0.2) is 0 Å². The maximum Gasteiger partial charge on any atom is 0.416 e. The van der Waals surface area contributed by atoms with Gasteiger partial charge in [-0.2, -0.15) is 13.2 Å². The van der Waals surface area contributed by atoms with Gasteiger partial charge in [-0.3, -0.25) is 4.79 Å². The molecule has 2 aromatic carbocycles. The number of carbonyl (C=O) groups excluding carboxylic acids is 1. The lowest BCUT2D eigenvalue weighted by Crippen LogP contribution is -2.48. The first-order valence-corrected chi connectivity index (χ1v) is 12.7. The van der Waals surface area contributed by atoms with Crippen LogP contribution in [0, 0.1) is 11.8 Å². The van der Waals surface area contributed by atoms with Crippen LogP contribution < -0.4 is 4.74 Å². The van der Waals surface area contributed by atoms with Gasteiger partial charge in [0, 0.05) is 18.5 Å². The van der Waals surface area contributed by atoms with Crippen LogP contribution in [-0.4, -0.2) is 30.0 Å². The molecule has 1 aliphatic rings. The maximum absolute atomic E-state index is 13.3. The lowest BCUT2D eigenvalue weighted by molar-refractivity contribution is -0.138. The lowest BCUT2D eigenvalue weighted by atomic mass is 9.90. The summed E-state index contributed by atoms with van der Waals surface area (Å²) in [6.45, 7) is 13.4. The number of hydrogen-bond acceptors (Lipinski definition) is 2. The third kappa shape index (κ3) is 8.29. The average molecular weight is 492 g/mol. The summed E-state index contributed by atoms with van der Waals surface area (Å²) < 4.78 is 44.0. The molecular formula is C29H40F3NO2. The van der Waals surface area contributed by atoms with Crippen molar-refractivity contribution in [2.24, 2.45) is 11.8 Å². The summed E-state index contributed by atoms with van der Waals surface area (Å²) in [5, 5.41) is 0. The number of likely N-dealkylation sites (tertiary alicyclic amines) is 1. The van der Waals surface area contributed by atoms with Crippen molar-refractivity contribution in [1.29, 1.82) is 0 Å². The number of alkyl halides is 3. The molecule has 0 spiro atoms. The number of amides is 1. The molecule has 0 aliphatic carbocycles. The molecule has 0 N–H and O–H groups in total. The Bertz CT molecular complexity index is 907. The van der Waals surface area contributed by atoms with Gasteiger partial charge in [0.2, 0.25) is 5.91 Å². The van der Waals surface area contributed by atoms with Gasteiger partial charge in [0.05, 0.1) is 18.1 Å². The van der Waals surface area contributed by atoms with Gasteiger partial charge in [-0.15, -0.1) is 0 Å². The van der Waals surface area contributed by atoms with Crippen molar-refractivity contribution in [2.75, 3.05) is 13.2 Å². The highest BCUT2D eigenvalue weighted by Crippen LogP contribution is 2.31. The van der Waals surface area contributed by atoms with Crippen LogP contribution >= 0.6 is 0 Å². The van der Waals surface area contributed by atoms with Gasteiger partial charge in [0.1, 0.15) is 5.75 Å². The molecule has 3 atom stereocenters. The van der Waals surface area contributed by atoms with Gasteiger partial charge in [-0.1, -0.05) is 52.0 Å². The normalized spacial score (nSPS) is 19.1. The van der Waals surface area contributed by atoms with E-state index in [2.05, 4.69) is 45.0 Å². The van der Waals surface area contributed by atoms with E-state index in [4.69, 9.17) is 4.74 Å². The first-order chi connectivity index (χ1) is 16.5. The van der Waals surface area contributed by atoms with E-state index >= 15 is 0 Å². The van der Waals surface area contributed by atoms with Crippen molar-refractivity contribution in [1.82, 2.24) is 4.90 Å². The number of benzene rings is 2. The van der Waals surface area contributed by atoms with Crippen molar-refractivity contribution in [3.8, 4) is 5.75 Å². The summed E-state index contributed by atoms with van der Waals surface area (Å²) in [5.74, 6) is 1.03. The van der Waals surface area contributed by atoms with Gasteiger partial charge in [-0.05, 0) is 74.4 Å². The molecule has 3 nitrogen and oxygen atoms in total. The van der Waals surface area contributed by atoms with Crippen molar-refractivity contribution >= 4 is 5.91 Å². The molecule has 35 heavy (non-hydrogen) atoms. The molecule has 0 radical (unpaired) electrons. The second-order valence-electron chi connectivity index (χ2n) is 9.68. The van der Waals surface area contributed by atoms with Crippen LogP contribution in [0.5, 0.6) is 5.75 Å². The molecular weight excluding hydrogens is 451 g/mol. The Morgan fingerprint density at radius 3 is 2.14 bits per heavy atom. The fourth-order valence-electron chi connectivity index (χ4n) is 4.38. The fraction of sp³-hybridized carbons (Fsp3) is 0.552. The van der Waals surface area contributed by atoms with Crippen LogP contribution in [0.3, 0.4) is 0 Å². The molecule has 3 rings (SSSR count). The molecule has 1 fully saturated rings. The van der Waals surface area contributed by atoms with Crippen LogP contribution in [0.15, 0.2) is 48.5 Å². The third-order valence-electron chi connectivity index (χ3n) is 6.42. The smallest absolute Gasteiger partial charge is 0.416 e. The van der Waals surface area contributed by atoms with Crippen molar-refractivity contribution in [3.63, 3.8) is 0 Å². The van der Waals surface area contributed by atoms with E-state index in [0.29, 0.717) is 24.8 Å². The van der Waals surface area contributed by atoms with E-state index in [9.17, 15) is 18.0 Å². The molecule has 1 aliphatic heterocycles. The van der Waals surface area contributed by atoms with Crippen LogP contribution in [0.1, 0.15) is 77.0 Å². The van der Waals surface area contributed by atoms with Crippen LogP contribution in [0.2, 0.25) is 0 Å². The first-order valence-electron chi connectivity index (χ1n) is 12.7. The Morgan fingerprint density at radius 2 is 1.60 bits per heavy atom. The van der Waals surface area contributed by atoms with E-state index < -0.39 is 11.7 Å².